The quantitative estimate of drug-likeness (QED) is 0.647. The average molecular weight is 221 g/mol. The van der Waals surface area contributed by atoms with Crippen molar-refractivity contribution in [1.82, 2.24) is 0 Å². The molecule has 0 aliphatic carbocycles. The molecule has 0 N–H and O–H groups in total. The van der Waals surface area contributed by atoms with E-state index < -0.39 is 25.9 Å². The van der Waals surface area contributed by atoms with Crippen LogP contribution < -0.4 is 0 Å². The van der Waals surface area contributed by atoms with E-state index in [1.165, 1.54) is 13.8 Å². The first-order valence-corrected chi connectivity index (χ1v) is 9.13. The van der Waals surface area contributed by atoms with E-state index in [2.05, 4.69) is 0 Å². The molecule has 11 heavy (non-hydrogen) atoms. The molecule has 0 saturated carbocycles. The van der Waals surface area contributed by atoms with Crippen LogP contribution in [0.2, 0.25) is 11.5 Å². The van der Waals surface area contributed by atoms with Crippen molar-refractivity contribution in [3.8, 4) is 0 Å². The van der Waals surface area contributed by atoms with E-state index in [9.17, 15) is 9.59 Å². The van der Waals surface area contributed by atoms with Crippen LogP contribution in [0, 0.1) is 0 Å². The first kappa shape index (κ1) is 10.5. The molecule has 0 heterocycles. The Labute approximate surface area is 68.9 Å². The molecular formula is C6H12GeO4. The van der Waals surface area contributed by atoms with E-state index in [0.717, 1.165) is 0 Å². The van der Waals surface area contributed by atoms with Gasteiger partial charge in [-0.05, 0) is 0 Å². The summed E-state index contributed by atoms with van der Waals surface area (Å²) in [5.74, 6) is 2.58. The normalized spacial score (nSPS) is 10.5. The topological polar surface area (TPSA) is 52.6 Å². The third kappa shape index (κ3) is 5.90. The fourth-order valence-corrected chi connectivity index (χ4v) is 3.71. The fraction of sp³-hybridized carbons (Fsp3) is 0.667. The molecular weight excluding hydrogens is 209 g/mol. The molecule has 4 nitrogen and oxygen atoms in total. The van der Waals surface area contributed by atoms with Gasteiger partial charge in [-0.1, -0.05) is 0 Å². The van der Waals surface area contributed by atoms with Crippen LogP contribution >= 0.6 is 0 Å². The van der Waals surface area contributed by atoms with Gasteiger partial charge in [0.1, 0.15) is 0 Å². The van der Waals surface area contributed by atoms with Crippen molar-refractivity contribution in [2.24, 2.45) is 0 Å². The van der Waals surface area contributed by atoms with Gasteiger partial charge in [0.2, 0.25) is 0 Å². The van der Waals surface area contributed by atoms with Crippen LogP contribution in [0.5, 0.6) is 0 Å². The van der Waals surface area contributed by atoms with Crippen LogP contribution in [0.25, 0.3) is 0 Å². The van der Waals surface area contributed by atoms with Crippen molar-refractivity contribution in [2.75, 3.05) is 0 Å². The van der Waals surface area contributed by atoms with Crippen molar-refractivity contribution in [2.45, 2.75) is 25.4 Å². The van der Waals surface area contributed by atoms with Crippen LogP contribution in [0.4, 0.5) is 0 Å². The predicted molar refractivity (Wildman–Crippen MR) is 41.0 cm³/mol. The van der Waals surface area contributed by atoms with E-state index >= 15 is 0 Å². The number of hydrogen-bond donors (Lipinski definition) is 0. The Morgan fingerprint density at radius 1 is 1.00 bits per heavy atom. The number of carbonyl (C=O) groups is 2. The zero-order valence-electron chi connectivity index (χ0n) is 7.13. The van der Waals surface area contributed by atoms with Crippen molar-refractivity contribution in [3.05, 3.63) is 0 Å². The Morgan fingerprint density at radius 3 is 1.45 bits per heavy atom. The summed E-state index contributed by atoms with van der Waals surface area (Å²) in [5.41, 5.74) is 0. The molecule has 0 rings (SSSR count). The summed E-state index contributed by atoms with van der Waals surface area (Å²) in [4.78, 5) is 20.9. The van der Waals surface area contributed by atoms with Gasteiger partial charge in [-0.25, -0.2) is 0 Å². The Hall–Kier alpha value is -0.517. The first-order valence-electron chi connectivity index (χ1n) is 3.22. The molecule has 0 aromatic carbocycles. The molecule has 0 aromatic rings. The molecule has 0 aliphatic heterocycles. The minimum atomic E-state index is -3.01. The Kier molecular flexibility index (Phi) is 3.58. The number of hydrogen-bond acceptors (Lipinski definition) is 4. The molecule has 0 bridgehead atoms. The van der Waals surface area contributed by atoms with E-state index in [4.69, 9.17) is 7.53 Å². The van der Waals surface area contributed by atoms with Gasteiger partial charge in [0.05, 0.1) is 0 Å². The summed E-state index contributed by atoms with van der Waals surface area (Å²) in [5, 5.41) is 0. The molecule has 0 radical (unpaired) electrons. The van der Waals surface area contributed by atoms with Crippen LogP contribution in [0.1, 0.15) is 13.8 Å². The van der Waals surface area contributed by atoms with Gasteiger partial charge in [0, 0.05) is 0 Å². The van der Waals surface area contributed by atoms with Gasteiger partial charge < -0.3 is 0 Å². The van der Waals surface area contributed by atoms with Crippen molar-refractivity contribution < 1.29 is 17.1 Å². The maximum absolute atomic E-state index is 10.5. The third-order valence-electron chi connectivity index (χ3n) is 0.779. The van der Waals surface area contributed by atoms with E-state index in [-0.39, 0.29) is 0 Å². The summed E-state index contributed by atoms with van der Waals surface area (Å²) in [7, 11) is 0. The van der Waals surface area contributed by atoms with Crippen molar-refractivity contribution in [3.63, 3.8) is 0 Å². The molecule has 0 spiro atoms. The summed E-state index contributed by atoms with van der Waals surface area (Å²) in [6.45, 7) is 2.60. The fourth-order valence-electron chi connectivity index (χ4n) is 0.713. The van der Waals surface area contributed by atoms with Crippen LogP contribution in [0.3, 0.4) is 0 Å². The second-order valence-electron chi connectivity index (χ2n) is 2.59. The van der Waals surface area contributed by atoms with Gasteiger partial charge >= 0.3 is 68.4 Å². The van der Waals surface area contributed by atoms with Gasteiger partial charge in [0.15, 0.2) is 0 Å². The van der Waals surface area contributed by atoms with Crippen LogP contribution in [0.15, 0.2) is 0 Å². The van der Waals surface area contributed by atoms with Gasteiger partial charge in [0.25, 0.3) is 0 Å². The summed E-state index contributed by atoms with van der Waals surface area (Å²) < 4.78 is 9.71. The Balaban J connectivity index is 3.99. The average Bonchev–Trinajstić information content (AvgIpc) is 1.53. The minimum absolute atomic E-state index is 0.392. The number of rotatable bonds is 2. The molecule has 5 heteroatoms. The molecule has 0 aromatic heterocycles. The van der Waals surface area contributed by atoms with Gasteiger partial charge in [-0.2, -0.15) is 0 Å². The molecule has 0 saturated heterocycles. The standard InChI is InChI=1S/C6H12GeO4/c1-5(8)10-7(3,4)11-6(2)9/h1-4H3. The predicted octanol–water partition coefficient (Wildman–Crippen LogP) is 0.814. The summed E-state index contributed by atoms with van der Waals surface area (Å²) in [6.07, 6.45) is 0. The monoisotopic (exact) mass is 222 g/mol. The second-order valence-corrected chi connectivity index (χ2v) is 9.32. The molecule has 0 aliphatic rings. The van der Waals surface area contributed by atoms with E-state index in [1.807, 2.05) is 0 Å². The third-order valence-corrected chi connectivity index (χ3v) is 4.05. The molecule has 0 atom stereocenters. The van der Waals surface area contributed by atoms with E-state index in [0.29, 0.717) is 0 Å². The SMILES string of the molecule is CC(=O)[O][Ge]([CH3])([CH3])[O]C(C)=O. The summed E-state index contributed by atoms with van der Waals surface area (Å²) >= 11 is -3.01. The Bertz CT molecular complexity index is 157. The molecule has 64 valence electrons. The van der Waals surface area contributed by atoms with Crippen molar-refractivity contribution >= 4 is 25.9 Å². The molecule has 0 fully saturated rings. The molecule has 0 amide bonds. The van der Waals surface area contributed by atoms with Crippen LogP contribution in [-0.2, 0) is 17.1 Å². The van der Waals surface area contributed by atoms with Crippen molar-refractivity contribution in [1.29, 1.82) is 0 Å². The summed E-state index contributed by atoms with van der Waals surface area (Å²) in [6, 6.07) is 0. The molecule has 0 unspecified atom stereocenters. The Morgan fingerprint density at radius 2 is 1.27 bits per heavy atom. The van der Waals surface area contributed by atoms with Gasteiger partial charge in [-0.3, -0.25) is 0 Å². The van der Waals surface area contributed by atoms with E-state index in [1.54, 1.807) is 11.5 Å². The van der Waals surface area contributed by atoms with Gasteiger partial charge in [-0.15, -0.1) is 0 Å². The van der Waals surface area contributed by atoms with Crippen LogP contribution in [-0.4, -0.2) is 25.9 Å². The second kappa shape index (κ2) is 3.75. The zero-order valence-corrected chi connectivity index (χ0v) is 9.23. The first-order chi connectivity index (χ1) is 4.83. The zero-order chi connectivity index (χ0) is 9.07. The maximum atomic E-state index is 10.5. The number of carbonyl (C=O) groups excluding carboxylic acids is 2.